The first kappa shape index (κ1) is 40.9. The third-order valence-corrected chi connectivity index (χ3v) is 9.20. The summed E-state index contributed by atoms with van der Waals surface area (Å²) in [7, 11) is 6.67. The molecule has 0 spiro atoms. The second kappa shape index (κ2) is 21.6. The van der Waals surface area contributed by atoms with Crippen LogP contribution in [0.1, 0.15) is 35.5 Å². The predicted octanol–water partition coefficient (Wildman–Crippen LogP) is 4.30. The third kappa shape index (κ3) is 14.9. The first-order valence-corrected chi connectivity index (χ1v) is 18.9. The van der Waals surface area contributed by atoms with Crippen LogP contribution in [0.25, 0.3) is 0 Å². The van der Waals surface area contributed by atoms with Crippen molar-refractivity contribution in [3.8, 4) is 0 Å². The van der Waals surface area contributed by atoms with Gasteiger partial charge in [-0.15, -0.1) is 23.5 Å². The Kier molecular flexibility index (Phi) is 18.4. The zero-order chi connectivity index (χ0) is 35.6. The van der Waals surface area contributed by atoms with Crippen molar-refractivity contribution in [2.24, 2.45) is 0 Å². The molecule has 266 valence electrons. The topological polar surface area (TPSA) is 196 Å². The Morgan fingerprint density at radius 2 is 1.15 bits per heavy atom. The highest BCUT2D eigenvalue weighted by Crippen LogP contribution is 2.27. The Morgan fingerprint density at radius 3 is 1.46 bits per heavy atom. The summed E-state index contributed by atoms with van der Waals surface area (Å²) in [4.78, 5) is 49.1. The van der Waals surface area contributed by atoms with Crippen molar-refractivity contribution >= 4 is 59.0 Å². The molecular weight excluding hydrogens is 709 g/mol. The van der Waals surface area contributed by atoms with E-state index in [4.69, 9.17) is 18.3 Å². The number of furan rings is 2. The van der Waals surface area contributed by atoms with Crippen molar-refractivity contribution in [2.75, 3.05) is 65.3 Å². The summed E-state index contributed by atoms with van der Waals surface area (Å²) in [6.45, 7) is 1.05. The van der Waals surface area contributed by atoms with Crippen LogP contribution in [0.5, 0.6) is 0 Å². The number of nitrogens with zero attached hydrogens (tertiary/aromatic N) is 4. The molecule has 2 unspecified atom stereocenters. The highest BCUT2D eigenvalue weighted by atomic mass is 32.2. The van der Waals surface area contributed by atoms with E-state index in [-0.39, 0.29) is 0 Å². The molecular formula is C28H40N6O10S4. The molecule has 2 heterocycles. The van der Waals surface area contributed by atoms with Crippen LogP contribution in [0.4, 0.5) is 0 Å². The van der Waals surface area contributed by atoms with Crippen molar-refractivity contribution in [3.05, 3.63) is 90.0 Å². The normalized spacial score (nSPS) is 13.3. The molecule has 0 amide bonds. The van der Waals surface area contributed by atoms with Crippen LogP contribution in [0.2, 0.25) is 0 Å². The Hall–Kier alpha value is -3.30. The minimum atomic E-state index is -1.21. The largest absolute Gasteiger partial charge is 0.460 e. The lowest BCUT2D eigenvalue weighted by Crippen LogP contribution is -2.32. The molecule has 0 saturated carbocycles. The minimum Gasteiger partial charge on any atom is -0.460 e. The van der Waals surface area contributed by atoms with E-state index < -0.39 is 34.2 Å². The summed E-state index contributed by atoms with van der Waals surface area (Å²) < 4.78 is 22.7. The number of ether oxygens (including phenoxy) is 2. The lowest BCUT2D eigenvalue weighted by molar-refractivity contribution is -0.403. The Morgan fingerprint density at radius 1 is 0.771 bits per heavy atom. The van der Waals surface area contributed by atoms with E-state index in [2.05, 4.69) is 10.6 Å². The number of carbonyl (C=O) groups is 2. The van der Waals surface area contributed by atoms with Crippen molar-refractivity contribution < 1.29 is 37.7 Å². The van der Waals surface area contributed by atoms with Gasteiger partial charge in [-0.25, -0.2) is 9.59 Å². The zero-order valence-corrected chi connectivity index (χ0v) is 30.6. The van der Waals surface area contributed by atoms with Crippen LogP contribution in [-0.2, 0) is 30.6 Å². The lowest BCUT2D eigenvalue weighted by Gasteiger charge is -2.24. The van der Waals surface area contributed by atoms with Crippen LogP contribution < -0.4 is 10.6 Å². The Balaban J connectivity index is 1.89. The number of hydrogen-bond donors (Lipinski definition) is 2. The molecule has 0 aromatic carbocycles. The number of nitrogens with one attached hydrogen (secondary N) is 2. The maximum atomic E-state index is 12.8. The maximum absolute atomic E-state index is 12.8. The highest BCUT2D eigenvalue weighted by Gasteiger charge is 2.31. The van der Waals surface area contributed by atoms with E-state index >= 15 is 0 Å². The fraction of sp³-hybridized carbons (Fsp3) is 0.500. The van der Waals surface area contributed by atoms with Crippen LogP contribution in [0.3, 0.4) is 0 Å². The molecule has 16 nitrogen and oxygen atoms in total. The number of thioether (sulfide) groups is 4. The summed E-state index contributed by atoms with van der Waals surface area (Å²) in [6.07, 6.45) is 3.36. The number of esters is 2. The van der Waals surface area contributed by atoms with Crippen molar-refractivity contribution in [1.82, 2.24) is 20.4 Å². The molecule has 0 saturated heterocycles. The molecule has 2 rings (SSSR count). The lowest BCUT2D eigenvalue weighted by atomic mass is 10.3. The van der Waals surface area contributed by atoms with Gasteiger partial charge in [0.2, 0.25) is 12.5 Å². The van der Waals surface area contributed by atoms with Crippen molar-refractivity contribution in [1.29, 1.82) is 0 Å². The standard InChI is InChI=1S/C28H40N6O10S4/c1-31(2)25(21-9-7-19(41-21)17-47-13-11-29-23(45-5)15-33(37)38)43-27(35)28(36)44-26(32(3)4)22-10-8-20(42-22)18-48-14-12-30-24(46-6)16-34(39)40/h7-10,15-16,25-26,29-30H,11-14,17-18H2,1-6H3. The summed E-state index contributed by atoms with van der Waals surface area (Å²) in [5.41, 5.74) is 0. The van der Waals surface area contributed by atoms with Crippen molar-refractivity contribution in [2.45, 2.75) is 24.0 Å². The molecule has 0 bridgehead atoms. The summed E-state index contributed by atoms with van der Waals surface area (Å²) >= 11 is 5.61. The average molecular weight is 749 g/mol. The molecule has 48 heavy (non-hydrogen) atoms. The number of carbonyl (C=O) groups excluding carboxylic acids is 2. The van der Waals surface area contributed by atoms with E-state index in [0.29, 0.717) is 69.2 Å². The van der Waals surface area contributed by atoms with Gasteiger partial charge >= 0.3 is 11.9 Å². The van der Waals surface area contributed by atoms with Gasteiger partial charge in [0.05, 0.1) is 21.4 Å². The second-order valence-electron chi connectivity index (χ2n) is 9.98. The SMILES string of the molecule is CSC(=C[N+](=O)[O-])NCCSCc1ccc(C(OC(=O)C(=O)OC(c2ccc(CSCCNC(=C[N+](=O)[O-])SC)o2)N(C)C)N(C)C)o1. The monoisotopic (exact) mass is 748 g/mol. The van der Waals surface area contributed by atoms with E-state index in [1.165, 1.54) is 23.5 Å². The first-order valence-electron chi connectivity index (χ1n) is 14.2. The first-order chi connectivity index (χ1) is 22.8. The molecule has 0 aliphatic rings. The fourth-order valence-corrected chi connectivity index (χ4v) is 6.09. The summed E-state index contributed by atoms with van der Waals surface area (Å²) in [5.74, 6) is 1.81. The molecule has 0 fully saturated rings. The minimum absolute atomic E-state index is 0.319. The molecule has 2 aromatic heterocycles. The van der Waals surface area contributed by atoms with E-state index in [1.54, 1.807) is 98.3 Å². The average Bonchev–Trinajstić information content (AvgIpc) is 3.69. The zero-order valence-electron chi connectivity index (χ0n) is 27.4. The van der Waals surface area contributed by atoms with E-state index in [9.17, 15) is 29.8 Å². The summed E-state index contributed by atoms with van der Waals surface area (Å²) in [5, 5.41) is 28.2. The Labute approximate surface area is 295 Å². The summed E-state index contributed by atoms with van der Waals surface area (Å²) in [6, 6.07) is 6.82. The van der Waals surface area contributed by atoms with Gasteiger partial charge in [0.1, 0.15) is 21.6 Å². The van der Waals surface area contributed by atoms with Gasteiger partial charge in [-0.05, 0) is 65.0 Å². The highest BCUT2D eigenvalue weighted by molar-refractivity contribution is 8.02. The molecule has 20 heteroatoms. The van der Waals surface area contributed by atoms with Crippen LogP contribution >= 0.6 is 47.0 Å². The van der Waals surface area contributed by atoms with Gasteiger partial charge in [-0.1, -0.05) is 0 Å². The number of nitro groups is 2. The van der Waals surface area contributed by atoms with Crippen LogP contribution in [0, 0.1) is 20.2 Å². The third-order valence-electron chi connectivity index (χ3n) is 5.86. The molecule has 0 aliphatic heterocycles. The van der Waals surface area contributed by atoms with Gasteiger partial charge in [0.15, 0.2) is 11.5 Å². The van der Waals surface area contributed by atoms with Gasteiger partial charge in [-0.3, -0.25) is 30.0 Å². The van der Waals surface area contributed by atoms with E-state index in [0.717, 1.165) is 12.4 Å². The predicted molar refractivity (Wildman–Crippen MR) is 188 cm³/mol. The molecule has 2 N–H and O–H groups in total. The second-order valence-corrected chi connectivity index (χ2v) is 13.9. The maximum Gasteiger partial charge on any atom is 0.419 e. The van der Waals surface area contributed by atoms with Gasteiger partial charge in [0.25, 0.3) is 12.4 Å². The van der Waals surface area contributed by atoms with Crippen LogP contribution in [0.15, 0.2) is 55.6 Å². The molecule has 0 aliphatic carbocycles. The fourth-order valence-electron chi connectivity index (χ4n) is 3.72. The van der Waals surface area contributed by atoms with Crippen molar-refractivity contribution in [3.63, 3.8) is 0 Å². The van der Waals surface area contributed by atoms with E-state index in [1.807, 2.05) is 0 Å². The van der Waals surface area contributed by atoms with Gasteiger partial charge in [-0.2, -0.15) is 23.5 Å². The quantitative estimate of drug-likeness (QED) is 0.0431. The molecule has 0 radical (unpaired) electrons. The molecule has 2 aromatic rings. The smallest absolute Gasteiger partial charge is 0.419 e. The Bertz CT molecular complexity index is 1310. The van der Waals surface area contributed by atoms with Crippen LogP contribution in [-0.4, -0.2) is 96.9 Å². The molecule has 2 atom stereocenters. The van der Waals surface area contributed by atoms with Gasteiger partial charge < -0.3 is 28.9 Å². The van der Waals surface area contributed by atoms with Gasteiger partial charge in [0, 0.05) is 24.6 Å². The number of rotatable bonds is 22. The number of hydrogen-bond acceptors (Lipinski definition) is 18.